The highest BCUT2D eigenvalue weighted by Crippen LogP contribution is 2.30. The minimum absolute atomic E-state index is 0.0271. The van der Waals surface area contributed by atoms with E-state index in [0.29, 0.717) is 30.6 Å². The van der Waals surface area contributed by atoms with Crippen LogP contribution in [0, 0.1) is 0 Å². The molecule has 0 spiro atoms. The average molecular weight is 426 g/mol. The second kappa shape index (κ2) is 7.86. The molecule has 9 nitrogen and oxygen atoms in total. The van der Waals surface area contributed by atoms with Crippen LogP contribution in [0.5, 0.6) is 0 Å². The second-order valence-electron chi connectivity index (χ2n) is 8.61. The van der Waals surface area contributed by atoms with Gasteiger partial charge in [-0.05, 0) is 31.4 Å². The van der Waals surface area contributed by atoms with Crippen LogP contribution in [-0.2, 0) is 16.1 Å². The Morgan fingerprint density at radius 2 is 1.77 bits per heavy atom. The Labute approximate surface area is 179 Å². The normalized spacial score (nSPS) is 22.8. The molecule has 1 aromatic heterocycles. The number of amides is 4. The molecule has 2 aliphatic heterocycles. The largest absolute Gasteiger partial charge is 0.420 e. The number of hydrogen-bond donors (Lipinski definition) is 0. The monoisotopic (exact) mass is 426 g/mol. The number of aromatic nitrogens is 1. The van der Waals surface area contributed by atoms with Crippen LogP contribution in [0.4, 0.5) is 4.79 Å². The maximum absolute atomic E-state index is 13.2. The van der Waals surface area contributed by atoms with Gasteiger partial charge in [0.2, 0.25) is 5.91 Å². The Balaban J connectivity index is 1.34. The Bertz CT molecular complexity index is 1080. The molecule has 4 amide bonds. The molecule has 1 saturated carbocycles. The van der Waals surface area contributed by atoms with Gasteiger partial charge in [0.25, 0.3) is 5.91 Å². The van der Waals surface area contributed by atoms with E-state index < -0.39 is 11.8 Å². The predicted octanol–water partition coefficient (Wildman–Crippen LogP) is 1.79. The van der Waals surface area contributed by atoms with Crippen LogP contribution in [0.25, 0.3) is 11.1 Å². The van der Waals surface area contributed by atoms with Crippen molar-refractivity contribution in [2.45, 2.75) is 57.2 Å². The van der Waals surface area contributed by atoms with Crippen LogP contribution in [0.15, 0.2) is 33.5 Å². The third-order valence-electron chi connectivity index (χ3n) is 6.73. The predicted molar refractivity (Wildman–Crippen MR) is 111 cm³/mol. The molecule has 0 radical (unpaired) electrons. The maximum atomic E-state index is 13.2. The van der Waals surface area contributed by atoms with Crippen LogP contribution in [0.3, 0.4) is 0 Å². The third kappa shape index (κ3) is 3.41. The van der Waals surface area contributed by atoms with Gasteiger partial charge in [-0.1, -0.05) is 31.4 Å². The van der Waals surface area contributed by atoms with Crippen LogP contribution < -0.4 is 5.76 Å². The van der Waals surface area contributed by atoms with E-state index in [4.69, 9.17) is 4.42 Å². The van der Waals surface area contributed by atoms with Crippen molar-refractivity contribution in [3.8, 4) is 0 Å². The van der Waals surface area contributed by atoms with Gasteiger partial charge in [-0.25, -0.2) is 9.59 Å². The molecule has 1 aromatic carbocycles. The number of urea groups is 1. The van der Waals surface area contributed by atoms with Crippen LogP contribution >= 0.6 is 0 Å². The van der Waals surface area contributed by atoms with Crippen LogP contribution in [0.2, 0.25) is 0 Å². The van der Waals surface area contributed by atoms with Gasteiger partial charge >= 0.3 is 11.8 Å². The highest BCUT2D eigenvalue weighted by atomic mass is 16.4. The number of oxazole rings is 1. The fourth-order valence-electron chi connectivity index (χ4n) is 5.12. The van der Waals surface area contributed by atoms with Crippen molar-refractivity contribution in [2.24, 2.45) is 0 Å². The topological polar surface area (TPSA) is 96.1 Å². The number of nitrogens with zero attached hydrogens (tertiary/aromatic N) is 4. The molecule has 31 heavy (non-hydrogen) atoms. The van der Waals surface area contributed by atoms with E-state index in [0.717, 1.165) is 32.1 Å². The zero-order valence-electron chi connectivity index (χ0n) is 17.4. The highest BCUT2D eigenvalue weighted by Gasteiger charge is 2.49. The lowest BCUT2D eigenvalue weighted by Crippen LogP contribution is -2.46. The molecule has 3 aliphatic rings. The quantitative estimate of drug-likeness (QED) is 0.698. The van der Waals surface area contributed by atoms with Gasteiger partial charge in [0, 0.05) is 19.1 Å². The van der Waals surface area contributed by atoms with Crippen molar-refractivity contribution in [1.82, 2.24) is 19.3 Å². The van der Waals surface area contributed by atoms with E-state index in [1.54, 1.807) is 34.1 Å². The summed E-state index contributed by atoms with van der Waals surface area (Å²) in [4.78, 5) is 56.2. The van der Waals surface area contributed by atoms with E-state index >= 15 is 0 Å². The van der Waals surface area contributed by atoms with Crippen molar-refractivity contribution >= 4 is 28.9 Å². The van der Waals surface area contributed by atoms with Gasteiger partial charge in [-0.2, -0.15) is 0 Å². The number of hydrogen-bond acceptors (Lipinski definition) is 5. The molecule has 3 heterocycles. The van der Waals surface area contributed by atoms with E-state index in [-0.39, 0.29) is 37.0 Å². The summed E-state index contributed by atoms with van der Waals surface area (Å²) >= 11 is 0. The van der Waals surface area contributed by atoms with Crippen molar-refractivity contribution < 1.29 is 18.8 Å². The number of benzene rings is 1. The lowest BCUT2D eigenvalue weighted by molar-refractivity contribution is -0.134. The number of para-hydroxylation sites is 2. The summed E-state index contributed by atoms with van der Waals surface area (Å²) in [5, 5.41) is 0. The molecule has 1 unspecified atom stereocenters. The molecule has 2 aromatic rings. The van der Waals surface area contributed by atoms with Gasteiger partial charge in [0.05, 0.1) is 12.1 Å². The lowest BCUT2D eigenvalue weighted by Gasteiger charge is -2.29. The minimum atomic E-state index is -0.640. The average Bonchev–Trinajstić information content (AvgIpc) is 3.09. The molecule has 5 rings (SSSR count). The van der Waals surface area contributed by atoms with Gasteiger partial charge in [0.1, 0.15) is 12.6 Å². The SMILES string of the molecule is O=C(Cn1c(=O)oc2ccccc21)N1CCCN2C(=O)N(C3CCCCC3)C(=O)C2C1. The first-order valence-electron chi connectivity index (χ1n) is 11.0. The van der Waals surface area contributed by atoms with Crippen molar-refractivity contribution in [2.75, 3.05) is 19.6 Å². The summed E-state index contributed by atoms with van der Waals surface area (Å²) < 4.78 is 6.53. The Hall–Kier alpha value is -3.10. The van der Waals surface area contributed by atoms with E-state index in [2.05, 4.69) is 0 Å². The van der Waals surface area contributed by atoms with Crippen LogP contribution in [0.1, 0.15) is 38.5 Å². The fourth-order valence-corrected chi connectivity index (χ4v) is 5.12. The van der Waals surface area contributed by atoms with Crippen molar-refractivity contribution in [3.63, 3.8) is 0 Å². The first-order chi connectivity index (χ1) is 15.0. The molecular formula is C22H26N4O5. The number of imide groups is 1. The van der Waals surface area contributed by atoms with Crippen LogP contribution in [-0.4, -0.2) is 68.8 Å². The zero-order chi connectivity index (χ0) is 21.5. The van der Waals surface area contributed by atoms with Gasteiger partial charge in [-0.15, -0.1) is 0 Å². The Kier molecular flexibility index (Phi) is 5.03. The van der Waals surface area contributed by atoms with Gasteiger partial charge < -0.3 is 14.2 Å². The number of carbonyl (C=O) groups is 3. The second-order valence-corrected chi connectivity index (χ2v) is 8.61. The van der Waals surface area contributed by atoms with Gasteiger partial charge in [0.15, 0.2) is 5.58 Å². The standard InChI is InChI=1S/C22H26N4O5/c27-19(14-25-16-9-4-5-10-18(16)31-22(25)30)23-11-6-12-24-17(13-23)20(28)26(21(24)29)15-7-2-1-3-8-15/h4-5,9-10,15,17H,1-3,6-8,11-14H2. The Morgan fingerprint density at radius 1 is 1.00 bits per heavy atom. The summed E-state index contributed by atoms with van der Waals surface area (Å²) in [6.07, 6.45) is 5.52. The fraction of sp³-hybridized carbons (Fsp3) is 0.545. The smallest absolute Gasteiger partial charge is 0.408 e. The highest BCUT2D eigenvalue weighted by molar-refractivity contribution is 6.05. The maximum Gasteiger partial charge on any atom is 0.420 e. The molecule has 1 atom stereocenters. The van der Waals surface area contributed by atoms with Gasteiger partial charge in [-0.3, -0.25) is 19.1 Å². The molecule has 2 saturated heterocycles. The van der Waals surface area contributed by atoms with E-state index in [9.17, 15) is 19.2 Å². The molecule has 164 valence electrons. The molecule has 0 bridgehead atoms. The third-order valence-corrected chi connectivity index (χ3v) is 6.73. The first kappa shape index (κ1) is 19.8. The minimum Gasteiger partial charge on any atom is -0.408 e. The summed E-state index contributed by atoms with van der Waals surface area (Å²) in [7, 11) is 0. The molecule has 3 fully saturated rings. The summed E-state index contributed by atoms with van der Waals surface area (Å²) in [6, 6.07) is 6.09. The van der Waals surface area contributed by atoms with Crippen molar-refractivity contribution in [3.05, 3.63) is 34.8 Å². The summed E-state index contributed by atoms with van der Waals surface area (Å²) in [5.41, 5.74) is 0.995. The summed E-state index contributed by atoms with van der Waals surface area (Å²) in [5.74, 6) is -1.03. The Morgan fingerprint density at radius 3 is 2.58 bits per heavy atom. The summed E-state index contributed by atoms with van der Waals surface area (Å²) in [6.45, 7) is 0.908. The lowest BCUT2D eigenvalue weighted by atomic mass is 9.94. The van der Waals surface area contributed by atoms with E-state index in [1.807, 2.05) is 0 Å². The molecule has 0 N–H and O–H groups in total. The molecule has 9 heteroatoms. The first-order valence-corrected chi connectivity index (χ1v) is 11.0. The number of carbonyl (C=O) groups excluding carboxylic acids is 3. The zero-order valence-corrected chi connectivity index (χ0v) is 17.4. The van der Waals surface area contributed by atoms with Crippen molar-refractivity contribution in [1.29, 1.82) is 0 Å². The molecular weight excluding hydrogens is 400 g/mol. The number of rotatable bonds is 3. The number of fused-ring (bicyclic) bond motifs is 2. The van der Waals surface area contributed by atoms with E-state index in [1.165, 1.54) is 9.47 Å². The molecule has 1 aliphatic carbocycles.